The lowest BCUT2D eigenvalue weighted by Gasteiger charge is -2.25. The highest BCUT2D eigenvalue weighted by atomic mass is 79.9. The molecule has 0 saturated carbocycles. The van der Waals surface area contributed by atoms with Crippen molar-refractivity contribution < 1.29 is 4.79 Å². The summed E-state index contributed by atoms with van der Waals surface area (Å²) in [6, 6.07) is 9.81. The number of rotatable bonds is 4. The van der Waals surface area contributed by atoms with Crippen molar-refractivity contribution in [1.29, 1.82) is 5.26 Å². The maximum Gasteiger partial charge on any atom is 0.229 e. The third-order valence-electron chi connectivity index (χ3n) is 2.89. The molecule has 102 valence electrons. The highest BCUT2D eigenvalue weighted by Crippen LogP contribution is 2.26. The van der Waals surface area contributed by atoms with Gasteiger partial charge >= 0.3 is 0 Å². The molecule has 1 aromatic rings. The molecule has 1 aromatic carbocycles. The Morgan fingerprint density at radius 1 is 1.32 bits per heavy atom. The van der Waals surface area contributed by atoms with Gasteiger partial charge in [-0.2, -0.15) is 5.26 Å². The van der Waals surface area contributed by atoms with E-state index in [-0.39, 0.29) is 17.7 Å². The molecule has 1 atom stereocenters. The minimum Gasteiger partial charge on any atom is -0.338 e. The first-order valence-corrected chi connectivity index (χ1v) is 7.05. The molecule has 0 aliphatic carbocycles. The summed E-state index contributed by atoms with van der Waals surface area (Å²) in [5.74, 6) is -0.194. The number of amides is 1. The Kier molecular flexibility index (Phi) is 5.13. The summed E-state index contributed by atoms with van der Waals surface area (Å²) in [5.41, 5.74) is 0.115. The zero-order valence-electron chi connectivity index (χ0n) is 11.7. The van der Waals surface area contributed by atoms with Crippen LogP contribution in [0.2, 0.25) is 0 Å². The number of hydrogen-bond acceptors (Lipinski definition) is 2. The molecule has 0 aliphatic rings. The van der Waals surface area contributed by atoms with Gasteiger partial charge in [-0.25, -0.2) is 0 Å². The SMILES string of the molecule is CC(C)C(C(=O)NC(C)(C)C#N)c1ccc(Br)cc1. The van der Waals surface area contributed by atoms with Gasteiger partial charge in [0.05, 0.1) is 12.0 Å². The van der Waals surface area contributed by atoms with E-state index in [1.54, 1.807) is 13.8 Å². The zero-order chi connectivity index (χ0) is 14.6. The predicted octanol–water partition coefficient (Wildman–Crippen LogP) is 3.61. The molecule has 3 nitrogen and oxygen atoms in total. The number of carbonyl (C=O) groups excluding carboxylic acids is 1. The van der Waals surface area contributed by atoms with E-state index in [1.165, 1.54) is 0 Å². The van der Waals surface area contributed by atoms with Gasteiger partial charge in [-0.15, -0.1) is 0 Å². The first-order valence-electron chi connectivity index (χ1n) is 6.25. The summed E-state index contributed by atoms with van der Waals surface area (Å²) in [6.45, 7) is 7.41. The van der Waals surface area contributed by atoms with Gasteiger partial charge in [-0.3, -0.25) is 4.79 Å². The van der Waals surface area contributed by atoms with Crippen LogP contribution in [0.3, 0.4) is 0 Å². The molecule has 0 aromatic heterocycles. The Balaban J connectivity index is 2.99. The maximum atomic E-state index is 12.4. The molecule has 0 fully saturated rings. The topological polar surface area (TPSA) is 52.9 Å². The van der Waals surface area contributed by atoms with Crippen molar-refractivity contribution in [3.05, 3.63) is 34.3 Å². The standard InChI is InChI=1S/C15H19BrN2O/c1-10(2)13(11-5-7-12(16)8-6-11)14(19)18-15(3,4)9-17/h5-8,10,13H,1-4H3,(H,18,19). The summed E-state index contributed by atoms with van der Waals surface area (Å²) < 4.78 is 0.983. The second kappa shape index (κ2) is 6.21. The van der Waals surface area contributed by atoms with Gasteiger partial charge in [0.25, 0.3) is 0 Å². The molecule has 1 N–H and O–H groups in total. The Bertz CT molecular complexity index is 486. The lowest BCUT2D eigenvalue weighted by Crippen LogP contribution is -2.45. The molecule has 0 radical (unpaired) electrons. The lowest BCUT2D eigenvalue weighted by atomic mass is 9.87. The minimum absolute atomic E-state index is 0.108. The lowest BCUT2D eigenvalue weighted by molar-refractivity contribution is -0.124. The number of nitrogens with one attached hydrogen (secondary N) is 1. The summed E-state index contributed by atoms with van der Waals surface area (Å²) in [7, 11) is 0. The summed E-state index contributed by atoms with van der Waals surface area (Å²) in [6.07, 6.45) is 0. The zero-order valence-corrected chi connectivity index (χ0v) is 13.3. The molecule has 19 heavy (non-hydrogen) atoms. The maximum absolute atomic E-state index is 12.4. The summed E-state index contributed by atoms with van der Waals surface area (Å²) >= 11 is 3.39. The van der Waals surface area contributed by atoms with Crippen LogP contribution >= 0.6 is 15.9 Å². The van der Waals surface area contributed by atoms with E-state index in [1.807, 2.05) is 38.1 Å². The van der Waals surface area contributed by atoms with Gasteiger partial charge in [0, 0.05) is 4.47 Å². The van der Waals surface area contributed by atoms with Crippen molar-refractivity contribution in [2.24, 2.45) is 5.92 Å². The monoisotopic (exact) mass is 322 g/mol. The van der Waals surface area contributed by atoms with Crippen molar-refractivity contribution in [2.75, 3.05) is 0 Å². The Hall–Kier alpha value is -1.34. The molecule has 1 amide bonds. The predicted molar refractivity (Wildman–Crippen MR) is 79.6 cm³/mol. The van der Waals surface area contributed by atoms with E-state index < -0.39 is 5.54 Å². The first kappa shape index (κ1) is 15.7. The summed E-state index contributed by atoms with van der Waals surface area (Å²) in [5, 5.41) is 11.8. The van der Waals surface area contributed by atoms with E-state index in [0.29, 0.717) is 0 Å². The van der Waals surface area contributed by atoms with Crippen LogP contribution in [0.4, 0.5) is 0 Å². The van der Waals surface area contributed by atoms with Crippen LogP contribution in [0.1, 0.15) is 39.2 Å². The average Bonchev–Trinajstić information content (AvgIpc) is 2.31. The van der Waals surface area contributed by atoms with Crippen LogP contribution in [0.15, 0.2) is 28.7 Å². The number of hydrogen-bond donors (Lipinski definition) is 1. The molecular formula is C15H19BrN2O. The molecule has 0 heterocycles. The number of benzene rings is 1. The van der Waals surface area contributed by atoms with E-state index in [2.05, 4.69) is 27.3 Å². The van der Waals surface area contributed by atoms with E-state index in [4.69, 9.17) is 5.26 Å². The van der Waals surface area contributed by atoms with Crippen molar-refractivity contribution in [1.82, 2.24) is 5.32 Å². The van der Waals surface area contributed by atoms with E-state index in [9.17, 15) is 4.79 Å². The second-order valence-corrected chi connectivity index (χ2v) is 6.41. The van der Waals surface area contributed by atoms with Crippen LogP contribution in [0.25, 0.3) is 0 Å². The van der Waals surface area contributed by atoms with Crippen LogP contribution in [0.5, 0.6) is 0 Å². The van der Waals surface area contributed by atoms with Crippen LogP contribution in [-0.4, -0.2) is 11.4 Å². The van der Waals surface area contributed by atoms with E-state index >= 15 is 0 Å². The largest absolute Gasteiger partial charge is 0.338 e. The highest BCUT2D eigenvalue weighted by molar-refractivity contribution is 9.10. The Labute approximate surface area is 123 Å². The molecule has 0 spiro atoms. The van der Waals surface area contributed by atoms with Crippen LogP contribution < -0.4 is 5.32 Å². The summed E-state index contributed by atoms with van der Waals surface area (Å²) in [4.78, 5) is 12.4. The molecule has 1 rings (SSSR count). The molecule has 1 unspecified atom stereocenters. The average molecular weight is 323 g/mol. The number of nitriles is 1. The van der Waals surface area contributed by atoms with Gasteiger partial charge in [-0.05, 0) is 37.5 Å². The number of halogens is 1. The fourth-order valence-corrected chi connectivity index (χ4v) is 2.19. The Morgan fingerprint density at radius 3 is 2.26 bits per heavy atom. The minimum atomic E-state index is -0.848. The fraction of sp³-hybridized carbons (Fsp3) is 0.467. The normalized spacial score (nSPS) is 12.9. The van der Waals surface area contributed by atoms with Crippen molar-refractivity contribution in [3.63, 3.8) is 0 Å². The highest BCUT2D eigenvalue weighted by Gasteiger charge is 2.28. The van der Waals surface area contributed by atoms with E-state index in [0.717, 1.165) is 10.0 Å². The van der Waals surface area contributed by atoms with Crippen molar-refractivity contribution in [3.8, 4) is 6.07 Å². The van der Waals surface area contributed by atoms with Gasteiger partial charge < -0.3 is 5.32 Å². The molecule has 4 heteroatoms. The molecule has 0 saturated heterocycles. The quantitative estimate of drug-likeness (QED) is 0.920. The van der Waals surface area contributed by atoms with Gasteiger partial charge in [0.2, 0.25) is 5.91 Å². The number of nitrogens with zero attached hydrogens (tertiary/aromatic N) is 1. The Morgan fingerprint density at radius 2 is 1.84 bits per heavy atom. The molecular weight excluding hydrogens is 304 g/mol. The third kappa shape index (κ3) is 4.36. The van der Waals surface area contributed by atoms with Crippen molar-refractivity contribution in [2.45, 2.75) is 39.2 Å². The smallest absolute Gasteiger partial charge is 0.229 e. The van der Waals surface area contributed by atoms with Gasteiger partial charge in [0.1, 0.15) is 5.54 Å². The van der Waals surface area contributed by atoms with Crippen molar-refractivity contribution >= 4 is 21.8 Å². The first-order chi connectivity index (χ1) is 8.76. The molecule has 0 aliphatic heterocycles. The van der Waals surface area contributed by atoms with Gasteiger partial charge in [-0.1, -0.05) is 41.9 Å². The van der Waals surface area contributed by atoms with Gasteiger partial charge in [0.15, 0.2) is 0 Å². The van der Waals surface area contributed by atoms with Crippen LogP contribution in [-0.2, 0) is 4.79 Å². The number of carbonyl (C=O) groups is 1. The second-order valence-electron chi connectivity index (χ2n) is 5.50. The van der Waals surface area contributed by atoms with Crippen LogP contribution in [0, 0.1) is 17.2 Å². The third-order valence-corrected chi connectivity index (χ3v) is 3.42. The molecule has 0 bridgehead atoms. The fourth-order valence-electron chi connectivity index (χ4n) is 1.92.